The number of nitrogens with one attached hydrogen (secondary N) is 2. The molecule has 0 radical (unpaired) electrons. The van der Waals surface area contributed by atoms with Crippen molar-refractivity contribution >= 4 is 50.5 Å². The normalized spacial score (nSPS) is 12.3. The standard InChI is InChI=1S/C26H19AsF3N5O2/c1-37-21-10-8-18(9-11-21)27(23-22-14-33-35-24(22)32-15-31-23)19-6-2-4-16(12-19)25(36)34-20-7-3-5-17(13-20)26(28,29)30/h2-15H,1H3,(H,34,36)(H,31,32,33,35). The van der Waals surface area contributed by atoms with Crippen LogP contribution in [0.15, 0.2) is 85.3 Å². The summed E-state index contributed by atoms with van der Waals surface area (Å²) in [7, 11) is 1.59. The fourth-order valence-corrected chi connectivity index (χ4v) is 8.66. The van der Waals surface area contributed by atoms with Gasteiger partial charge in [0.15, 0.2) is 0 Å². The average molecular weight is 565 g/mol. The molecule has 2 heterocycles. The van der Waals surface area contributed by atoms with E-state index in [0.717, 1.165) is 30.7 Å². The molecule has 5 aromatic rings. The molecule has 3 aromatic carbocycles. The van der Waals surface area contributed by atoms with Crippen LogP contribution in [0.1, 0.15) is 15.9 Å². The quantitative estimate of drug-likeness (QED) is 0.309. The molecule has 0 fully saturated rings. The van der Waals surface area contributed by atoms with Gasteiger partial charge in [-0.3, -0.25) is 0 Å². The Balaban J connectivity index is 1.54. The number of benzene rings is 3. The van der Waals surface area contributed by atoms with Crippen LogP contribution in [0.5, 0.6) is 5.75 Å². The average Bonchev–Trinajstić information content (AvgIpc) is 3.39. The minimum absolute atomic E-state index is 0.0608. The second-order valence-corrected chi connectivity index (χ2v) is 12.4. The topological polar surface area (TPSA) is 92.8 Å². The molecule has 0 bridgehead atoms. The second-order valence-electron chi connectivity index (χ2n) is 7.95. The van der Waals surface area contributed by atoms with Crippen molar-refractivity contribution in [3.8, 4) is 5.75 Å². The number of alkyl halides is 3. The molecule has 0 aliphatic carbocycles. The number of hydrogen-bond donors (Lipinski definition) is 2. The van der Waals surface area contributed by atoms with Crippen molar-refractivity contribution in [3.05, 3.63) is 96.4 Å². The Morgan fingerprint density at radius 2 is 1.76 bits per heavy atom. The molecule has 1 amide bonds. The van der Waals surface area contributed by atoms with Gasteiger partial charge in [-0.25, -0.2) is 0 Å². The Labute approximate surface area is 214 Å². The molecule has 0 aliphatic heterocycles. The van der Waals surface area contributed by atoms with Crippen LogP contribution in [0.25, 0.3) is 11.0 Å². The number of amides is 1. The van der Waals surface area contributed by atoms with Crippen LogP contribution in [0.4, 0.5) is 18.9 Å². The van der Waals surface area contributed by atoms with Crippen LogP contribution in [0.2, 0.25) is 0 Å². The number of halogens is 3. The molecule has 7 nitrogen and oxygen atoms in total. The number of H-pyrrole nitrogens is 1. The molecule has 2 aromatic heterocycles. The third kappa shape index (κ3) is 5.20. The number of ether oxygens (including phenoxy) is 1. The van der Waals surface area contributed by atoms with Gasteiger partial charge in [0.05, 0.1) is 0 Å². The Bertz CT molecular complexity index is 1570. The van der Waals surface area contributed by atoms with Crippen molar-refractivity contribution in [2.75, 3.05) is 12.4 Å². The molecule has 0 saturated heterocycles. The van der Waals surface area contributed by atoms with Crippen molar-refractivity contribution < 1.29 is 22.7 Å². The zero-order chi connectivity index (χ0) is 26.0. The fraction of sp³-hybridized carbons (Fsp3) is 0.0769. The van der Waals surface area contributed by atoms with E-state index < -0.39 is 32.3 Å². The fourth-order valence-electron chi connectivity index (χ4n) is 3.82. The number of aromatic nitrogens is 4. The summed E-state index contributed by atoms with van der Waals surface area (Å²) in [6.45, 7) is 0. The predicted octanol–water partition coefficient (Wildman–Crippen LogP) is 3.15. The first kappa shape index (κ1) is 24.5. The number of anilines is 1. The first-order valence-corrected chi connectivity index (χ1v) is 13.8. The van der Waals surface area contributed by atoms with Gasteiger partial charge in [0.2, 0.25) is 0 Å². The van der Waals surface area contributed by atoms with Crippen molar-refractivity contribution in [2.45, 2.75) is 6.18 Å². The van der Waals surface area contributed by atoms with Crippen LogP contribution in [0, 0.1) is 0 Å². The number of carbonyl (C=O) groups excluding carboxylic acids is 1. The maximum absolute atomic E-state index is 13.1. The van der Waals surface area contributed by atoms with E-state index in [0.29, 0.717) is 17.0 Å². The summed E-state index contributed by atoms with van der Waals surface area (Å²) in [4.78, 5) is 21.9. The maximum atomic E-state index is 13.1. The van der Waals surface area contributed by atoms with Gasteiger partial charge in [-0.2, -0.15) is 0 Å². The summed E-state index contributed by atoms with van der Waals surface area (Å²) >= 11 is -2.33. The molecule has 37 heavy (non-hydrogen) atoms. The van der Waals surface area contributed by atoms with Crippen LogP contribution >= 0.6 is 0 Å². The van der Waals surface area contributed by atoms with Gasteiger partial charge in [0, 0.05) is 0 Å². The van der Waals surface area contributed by atoms with Crippen LogP contribution in [0.3, 0.4) is 0 Å². The van der Waals surface area contributed by atoms with Crippen LogP contribution in [-0.2, 0) is 6.18 Å². The van der Waals surface area contributed by atoms with Crippen molar-refractivity contribution in [1.82, 2.24) is 20.2 Å². The molecular weight excluding hydrogens is 546 g/mol. The van der Waals surface area contributed by atoms with Crippen LogP contribution in [-0.4, -0.2) is 47.8 Å². The monoisotopic (exact) mass is 565 g/mol. The molecular formula is C26H19AsF3N5O2. The first-order chi connectivity index (χ1) is 17.8. The summed E-state index contributed by atoms with van der Waals surface area (Å²) in [6, 6.07) is 19.3. The summed E-state index contributed by atoms with van der Waals surface area (Å²) in [5, 5.41) is 10.3. The third-order valence-electron chi connectivity index (χ3n) is 5.58. The molecule has 1 atom stereocenters. The zero-order valence-electron chi connectivity index (χ0n) is 19.3. The Kier molecular flexibility index (Phi) is 6.67. The minimum atomic E-state index is -4.51. The van der Waals surface area contributed by atoms with Crippen LogP contribution < -0.4 is 23.2 Å². The second kappa shape index (κ2) is 10.1. The third-order valence-corrected chi connectivity index (χ3v) is 10.6. The number of carbonyl (C=O) groups is 1. The number of methoxy groups -OCH3 is 1. The van der Waals surface area contributed by atoms with E-state index in [2.05, 4.69) is 25.5 Å². The van der Waals surface area contributed by atoms with E-state index in [1.807, 2.05) is 30.3 Å². The van der Waals surface area contributed by atoms with Crippen molar-refractivity contribution in [1.29, 1.82) is 0 Å². The molecule has 186 valence electrons. The van der Waals surface area contributed by atoms with Gasteiger partial charge < -0.3 is 0 Å². The van der Waals surface area contributed by atoms with E-state index in [1.54, 1.807) is 31.5 Å². The Morgan fingerprint density at radius 3 is 2.51 bits per heavy atom. The SMILES string of the molecule is COc1ccc([As](c2cccc(C(=O)Nc3cccc(C(F)(F)F)c3)c2)c2ncnc3[nH]ncc23)cc1. The number of aromatic amines is 1. The molecule has 0 aliphatic rings. The predicted molar refractivity (Wildman–Crippen MR) is 135 cm³/mol. The zero-order valence-corrected chi connectivity index (χ0v) is 21.2. The van der Waals surface area contributed by atoms with E-state index in [-0.39, 0.29) is 5.69 Å². The Morgan fingerprint density at radius 1 is 0.973 bits per heavy atom. The number of rotatable bonds is 6. The molecule has 5 rings (SSSR count). The van der Waals surface area contributed by atoms with Gasteiger partial charge >= 0.3 is 214 Å². The van der Waals surface area contributed by atoms with E-state index in [4.69, 9.17) is 4.74 Å². The van der Waals surface area contributed by atoms with Gasteiger partial charge in [0.1, 0.15) is 0 Å². The summed E-state index contributed by atoms with van der Waals surface area (Å²) < 4.78 is 47.3. The van der Waals surface area contributed by atoms with Gasteiger partial charge in [-0.1, -0.05) is 0 Å². The van der Waals surface area contributed by atoms with Gasteiger partial charge in [-0.15, -0.1) is 0 Å². The van der Waals surface area contributed by atoms with Gasteiger partial charge in [-0.05, 0) is 0 Å². The number of hydrogen-bond acceptors (Lipinski definition) is 5. The van der Waals surface area contributed by atoms with E-state index >= 15 is 0 Å². The molecule has 0 spiro atoms. The molecule has 11 heteroatoms. The Hall–Kier alpha value is -4.17. The van der Waals surface area contributed by atoms with Crippen molar-refractivity contribution in [3.63, 3.8) is 0 Å². The summed E-state index contributed by atoms with van der Waals surface area (Å²) in [5.41, 5.74) is 0.154. The van der Waals surface area contributed by atoms with E-state index in [9.17, 15) is 18.0 Å². The van der Waals surface area contributed by atoms with E-state index in [1.165, 1.54) is 18.5 Å². The summed E-state index contributed by atoms with van der Waals surface area (Å²) in [6.07, 6.45) is -1.35. The first-order valence-electron chi connectivity index (χ1n) is 11.0. The van der Waals surface area contributed by atoms with Crippen molar-refractivity contribution in [2.24, 2.45) is 0 Å². The molecule has 2 N–H and O–H groups in total. The van der Waals surface area contributed by atoms with Gasteiger partial charge in [0.25, 0.3) is 0 Å². The number of fused-ring (bicyclic) bond motifs is 1. The molecule has 0 saturated carbocycles. The number of nitrogens with zero attached hydrogens (tertiary/aromatic N) is 3. The molecule has 1 unspecified atom stereocenters. The summed E-state index contributed by atoms with van der Waals surface area (Å²) in [5.74, 6) is 0.198.